The van der Waals surface area contributed by atoms with Crippen molar-refractivity contribution in [1.29, 1.82) is 0 Å². The third-order valence-electron chi connectivity index (χ3n) is 7.05. The molecule has 0 aliphatic carbocycles. The molecule has 2 aromatic carbocycles. The zero-order chi connectivity index (χ0) is 28.8. The Morgan fingerprint density at radius 3 is 2.27 bits per heavy atom. The van der Waals surface area contributed by atoms with Crippen molar-refractivity contribution in [3.8, 4) is 22.6 Å². The van der Waals surface area contributed by atoms with Gasteiger partial charge in [-0.2, -0.15) is 0 Å². The largest absolute Gasteiger partial charge is 0.466 e. The molecule has 0 radical (unpaired) electrons. The number of nitrogens with zero attached hydrogens (tertiary/aromatic N) is 2. The topological polar surface area (TPSA) is 127 Å². The molecule has 2 heterocycles. The van der Waals surface area contributed by atoms with Gasteiger partial charge < -0.3 is 23.4 Å². The van der Waals surface area contributed by atoms with Crippen molar-refractivity contribution in [1.82, 2.24) is 10.2 Å². The van der Waals surface area contributed by atoms with Crippen molar-refractivity contribution in [2.45, 2.75) is 59.4 Å². The lowest BCUT2D eigenvalue weighted by Gasteiger charge is -2.44. The van der Waals surface area contributed by atoms with Crippen LogP contribution in [0.4, 0.5) is 0 Å². The van der Waals surface area contributed by atoms with Crippen molar-refractivity contribution >= 4 is 17.9 Å². The van der Waals surface area contributed by atoms with Gasteiger partial charge in [0.1, 0.15) is 25.2 Å². The first-order valence-corrected chi connectivity index (χ1v) is 13.3. The van der Waals surface area contributed by atoms with Crippen LogP contribution in [-0.2, 0) is 39.8 Å². The summed E-state index contributed by atoms with van der Waals surface area (Å²) in [6.07, 6.45) is -1.46. The van der Waals surface area contributed by atoms with E-state index in [-0.39, 0.29) is 55.4 Å². The smallest absolute Gasteiger partial charge is 0.315 e. The second-order valence-corrected chi connectivity index (χ2v) is 9.88. The zero-order valence-electron chi connectivity index (χ0n) is 23.3. The van der Waals surface area contributed by atoms with E-state index in [2.05, 4.69) is 10.2 Å². The second kappa shape index (κ2) is 12.9. The molecule has 0 N–H and O–H groups in total. The molecule has 40 heavy (non-hydrogen) atoms. The lowest BCUT2D eigenvalue weighted by molar-refractivity contribution is -0.205. The van der Waals surface area contributed by atoms with Gasteiger partial charge in [0.25, 0.3) is 0 Å². The summed E-state index contributed by atoms with van der Waals surface area (Å²) in [5.74, 6) is -0.714. The number of aromatic nitrogens is 2. The molecule has 212 valence electrons. The van der Waals surface area contributed by atoms with E-state index >= 15 is 0 Å². The number of hydrogen-bond acceptors (Lipinski definition) is 10. The minimum Gasteiger partial charge on any atom is -0.466 e. The van der Waals surface area contributed by atoms with E-state index in [1.54, 1.807) is 6.92 Å². The van der Waals surface area contributed by atoms with Crippen LogP contribution in [0.25, 0.3) is 22.6 Å². The molecule has 5 atom stereocenters. The van der Waals surface area contributed by atoms with Crippen LogP contribution in [0.1, 0.15) is 52.2 Å². The highest BCUT2D eigenvalue weighted by atomic mass is 16.6. The molecule has 0 amide bonds. The highest BCUT2D eigenvalue weighted by Gasteiger charge is 2.44. The molecule has 0 bridgehead atoms. The fourth-order valence-corrected chi connectivity index (χ4v) is 4.80. The summed E-state index contributed by atoms with van der Waals surface area (Å²) in [7, 11) is 0. The third-order valence-corrected chi connectivity index (χ3v) is 7.05. The normalized spacial score (nSPS) is 22.4. The first kappa shape index (κ1) is 28.9. The standard InChI is InChI=1S/C30H34N2O8/c1-6-36-27(35)15-26-31-32-30(40-26)22-12-10-21(11-13-22)23-8-7-9-24(14-23)29-28(38-20(5)34)18(3)17(2)25(39-29)16-37-19(4)33/h7-14,17-18,25,28-29H,6,15-16H2,1-5H3/t17-,18-,25+,28-,29+/m0/s1. The van der Waals surface area contributed by atoms with E-state index in [9.17, 15) is 14.4 Å². The summed E-state index contributed by atoms with van der Waals surface area (Å²) in [5, 5.41) is 7.97. The fourth-order valence-electron chi connectivity index (χ4n) is 4.80. The summed E-state index contributed by atoms with van der Waals surface area (Å²) >= 11 is 0. The Labute approximate surface area is 233 Å². The Kier molecular flexibility index (Phi) is 9.31. The van der Waals surface area contributed by atoms with Crippen molar-refractivity contribution in [3.63, 3.8) is 0 Å². The van der Waals surface area contributed by atoms with Gasteiger partial charge in [-0.25, -0.2) is 0 Å². The van der Waals surface area contributed by atoms with E-state index in [1.165, 1.54) is 13.8 Å². The van der Waals surface area contributed by atoms with Gasteiger partial charge in [0.2, 0.25) is 11.8 Å². The molecule has 4 rings (SSSR count). The molecule has 10 nitrogen and oxygen atoms in total. The summed E-state index contributed by atoms with van der Waals surface area (Å²) in [6, 6.07) is 15.4. The Morgan fingerprint density at radius 2 is 1.60 bits per heavy atom. The van der Waals surface area contributed by atoms with Crippen LogP contribution in [0.5, 0.6) is 0 Å². The van der Waals surface area contributed by atoms with Crippen LogP contribution in [0.3, 0.4) is 0 Å². The van der Waals surface area contributed by atoms with E-state index in [1.807, 2.05) is 62.4 Å². The van der Waals surface area contributed by atoms with Crippen LogP contribution in [0.2, 0.25) is 0 Å². The van der Waals surface area contributed by atoms with Gasteiger partial charge in [-0.15, -0.1) is 10.2 Å². The van der Waals surface area contributed by atoms with Crippen molar-refractivity contribution in [2.24, 2.45) is 11.8 Å². The van der Waals surface area contributed by atoms with Crippen LogP contribution in [0, 0.1) is 11.8 Å². The van der Waals surface area contributed by atoms with Gasteiger partial charge in [-0.05, 0) is 47.7 Å². The van der Waals surface area contributed by atoms with Crippen molar-refractivity contribution < 1.29 is 37.7 Å². The molecule has 0 saturated carbocycles. The monoisotopic (exact) mass is 550 g/mol. The molecule has 1 aromatic heterocycles. The van der Waals surface area contributed by atoms with Crippen LogP contribution < -0.4 is 0 Å². The van der Waals surface area contributed by atoms with Crippen molar-refractivity contribution in [3.05, 3.63) is 60.0 Å². The number of carbonyl (C=O) groups is 3. The zero-order valence-corrected chi connectivity index (χ0v) is 23.3. The first-order valence-electron chi connectivity index (χ1n) is 13.3. The second-order valence-electron chi connectivity index (χ2n) is 9.88. The lowest BCUT2D eigenvalue weighted by Crippen LogP contribution is -2.48. The maximum Gasteiger partial charge on any atom is 0.315 e. The number of benzene rings is 2. The van der Waals surface area contributed by atoms with Gasteiger partial charge in [0.15, 0.2) is 0 Å². The summed E-state index contributed by atoms with van der Waals surface area (Å²) < 4.78 is 28.0. The van der Waals surface area contributed by atoms with Gasteiger partial charge in [0.05, 0.1) is 12.7 Å². The van der Waals surface area contributed by atoms with Gasteiger partial charge in [0, 0.05) is 25.3 Å². The Morgan fingerprint density at radius 1 is 0.875 bits per heavy atom. The van der Waals surface area contributed by atoms with Crippen molar-refractivity contribution in [2.75, 3.05) is 13.2 Å². The van der Waals surface area contributed by atoms with Crippen LogP contribution in [0.15, 0.2) is 52.9 Å². The average Bonchev–Trinajstić information content (AvgIpc) is 3.39. The number of hydrogen-bond donors (Lipinski definition) is 0. The maximum absolute atomic E-state index is 12.0. The van der Waals surface area contributed by atoms with E-state index in [4.69, 9.17) is 23.4 Å². The average molecular weight is 551 g/mol. The molecule has 3 aromatic rings. The molecule has 1 aliphatic rings. The van der Waals surface area contributed by atoms with Gasteiger partial charge in [-0.3, -0.25) is 14.4 Å². The number of carbonyl (C=O) groups excluding carboxylic acids is 3. The Bertz CT molecular complexity index is 1330. The minimum atomic E-state index is -0.536. The predicted octanol–water partition coefficient (Wildman–Crippen LogP) is 4.72. The minimum absolute atomic E-state index is 0.00168. The predicted molar refractivity (Wildman–Crippen MR) is 144 cm³/mol. The van der Waals surface area contributed by atoms with E-state index < -0.39 is 18.2 Å². The highest BCUT2D eigenvalue weighted by molar-refractivity contribution is 5.71. The molecule has 10 heteroatoms. The lowest BCUT2D eigenvalue weighted by atomic mass is 9.79. The van der Waals surface area contributed by atoms with E-state index in [0.29, 0.717) is 11.5 Å². The fraction of sp³-hybridized carbons (Fsp3) is 0.433. The molecular formula is C30H34N2O8. The Hall–Kier alpha value is -4.05. The van der Waals surface area contributed by atoms with Gasteiger partial charge >= 0.3 is 17.9 Å². The number of ether oxygens (including phenoxy) is 4. The third kappa shape index (κ3) is 6.93. The summed E-state index contributed by atoms with van der Waals surface area (Å²) in [4.78, 5) is 35.1. The molecule has 1 aliphatic heterocycles. The van der Waals surface area contributed by atoms with Gasteiger partial charge in [-0.1, -0.05) is 44.2 Å². The quantitative estimate of drug-likeness (QED) is 0.273. The molecule has 1 fully saturated rings. The maximum atomic E-state index is 12.0. The highest BCUT2D eigenvalue weighted by Crippen LogP contribution is 2.41. The molecular weight excluding hydrogens is 516 g/mol. The van der Waals surface area contributed by atoms with Crippen LogP contribution in [-0.4, -0.2) is 53.5 Å². The Balaban J connectivity index is 1.56. The van der Waals surface area contributed by atoms with E-state index in [0.717, 1.165) is 16.7 Å². The first-order chi connectivity index (χ1) is 19.2. The summed E-state index contributed by atoms with van der Waals surface area (Å²) in [6.45, 7) is 8.93. The number of esters is 3. The molecule has 1 saturated heterocycles. The molecule has 0 spiro atoms. The number of rotatable bonds is 9. The summed E-state index contributed by atoms with van der Waals surface area (Å²) in [5.41, 5.74) is 3.43. The SMILES string of the molecule is CCOC(=O)Cc1nnc(-c2ccc(-c3cccc([C@H]4O[C@H](COC(C)=O)[C@@H](C)[C@H](C)[C@@H]4OC(C)=O)c3)cc2)o1. The van der Waals surface area contributed by atoms with Crippen LogP contribution >= 0.6 is 0 Å². The molecule has 0 unspecified atom stereocenters.